The molecule has 5 nitrogen and oxygen atoms in total. The molecule has 1 heterocycles. The van der Waals surface area contributed by atoms with Gasteiger partial charge in [-0.1, -0.05) is 32.9 Å². The fraction of sp³-hybridized carbons (Fsp3) is 0.600. The van der Waals surface area contributed by atoms with E-state index in [-0.39, 0.29) is 22.9 Å². The first-order valence-corrected chi connectivity index (χ1v) is 10.8. The first kappa shape index (κ1) is 17.4. The molecule has 0 saturated carbocycles. The van der Waals surface area contributed by atoms with Crippen LogP contribution in [0.3, 0.4) is 0 Å². The number of nitrogens with zero attached hydrogens (tertiary/aromatic N) is 1. The van der Waals surface area contributed by atoms with Crippen LogP contribution in [0.15, 0.2) is 29.2 Å². The lowest BCUT2D eigenvalue weighted by Crippen LogP contribution is -2.40. The largest absolute Gasteiger partial charge is 0.243 e. The van der Waals surface area contributed by atoms with Gasteiger partial charge in [0.05, 0.1) is 16.4 Å². The molecule has 0 spiro atoms. The third-order valence-electron chi connectivity index (χ3n) is 4.08. The average Bonchev–Trinajstić information content (AvgIpc) is 2.79. The van der Waals surface area contributed by atoms with Gasteiger partial charge in [0, 0.05) is 12.6 Å². The van der Waals surface area contributed by atoms with E-state index in [1.807, 2.05) is 26.0 Å². The molecule has 0 bridgehead atoms. The van der Waals surface area contributed by atoms with Crippen LogP contribution in [-0.4, -0.2) is 45.2 Å². The number of benzene rings is 1. The lowest BCUT2D eigenvalue weighted by atomic mass is 10.0. The summed E-state index contributed by atoms with van der Waals surface area (Å²) in [5.74, 6) is 0.319. The summed E-state index contributed by atoms with van der Waals surface area (Å²) in [4.78, 5) is 0.225. The molecule has 1 atom stereocenters. The number of hydrogen-bond acceptors (Lipinski definition) is 4. The molecule has 0 unspecified atom stereocenters. The van der Waals surface area contributed by atoms with Gasteiger partial charge in [0.1, 0.15) is 0 Å². The number of hydrogen-bond donors (Lipinski definition) is 0. The molecular weight excluding hydrogens is 322 g/mol. The highest BCUT2D eigenvalue weighted by Gasteiger charge is 2.37. The molecule has 0 radical (unpaired) electrons. The summed E-state index contributed by atoms with van der Waals surface area (Å²) < 4.78 is 50.1. The minimum atomic E-state index is -3.66. The second-order valence-electron chi connectivity index (χ2n) is 5.99. The summed E-state index contributed by atoms with van der Waals surface area (Å²) in [6, 6.07) is 6.39. The van der Waals surface area contributed by atoms with Gasteiger partial charge in [-0.05, 0) is 30.0 Å². The Kier molecular flexibility index (Phi) is 4.99. The number of sulfonamides is 1. The fourth-order valence-corrected chi connectivity index (χ4v) is 6.28. The SMILES string of the molecule is CCN([C@H]1CCS(=O)(=O)C1)S(=O)(=O)c1ccc(C(C)C)cc1. The molecule has 22 heavy (non-hydrogen) atoms. The molecular formula is C15H23NO4S2. The van der Waals surface area contributed by atoms with Crippen LogP contribution in [0, 0.1) is 0 Å². The molecule has 124 valence electrons. The van der Waals surface area contributed by atoms with Gasteiger partial charge < -0.3 is 0 Å². The summed E-state index contributed by atoms with van der Waals surface area (Å²) in [7, 11) is -6.78. The van der Waals surface area contributed by atoms with Gasteiger partial charge in [0.15, 0.2) is 9.84 Å². The van der Waals surface area contributed by atoms with E-state index in [1.54, 1.807) is 19.1 Å². The Hall–Kier alpha value is -0.920. The van der Waals surface area contributed by atoms with E-state index in [0.29, 0.717) is 12.3 Å². The van der Waals surface area contributed by atoms with Crippen molar-refractivity contribution in [3.8, 4) is 0 Å². The second-order valence-corrected chi connectivity index (χ2v) is 10.1. The first-order chi connectivity index (χ1) is 10.2. The highest BCUT2D eigenvalue weighted by atomic mass is 32.2. The highest BCUT2D eigenvalue weighted by molar-refractivity contribution is 7.92. The quantitative estimate of drug-likeness (QED) is 0.818. The zero-order chi connectivity index (χ0) is 16.5. The van der Waals surface area contributed by atoms with Crippen LogP contribution in [0.4, 0.5) is 0 Å². The van der Waals surface area contributed by atoms with Crippen molar-refractivity contribution >= 4 is 19.9 Å². The fourth-order valence-electron chi connectivity index (χ4n) is 2.79. The van der Waals surface area contributed by atoms with Crippen molar-refractivity contribution in [2.45, 2.75) is 44.0 Å². The van der Waals surface area contributed by atoms with Gasteiger partial charge >= 0.3 is 0 Å². The lowest BCUT2D eigenvalue weighted by molar-refractivity contribution is 0.354. The minimum Gasteiger partial charge on any atom is -0.229 e. The van der Waals surface area contributed by atoms with E-state index >= 15 is 0 Å². The van der Waals surface area contributed by atoms with E-state index in [4.69, 9.17) is 0 Å². The van der Waals surface area contributed by atoms with Crippen molar-refractivity contribution in [3.63, 3.8) is 0 Å². The lowest BCUT2D eigenvalue weighted by Gasteiger charge is -2.26. The van der Waals surface area contributed by atoms with E-state index in [0.717, 1.165) is 5.56 Å². The standard InChI is InChI=1S/C15H23NO4S2/c1-4-16(14-9-10-21(17,18)11-14)22(19,20)15-7-5-13(6-8-15)12(2)3/h5-8,12,14H,4,9-11H2,1-3H3/t14-/m0/s1. The predicted octanol–water partition coefficient (Wildman–Crippen LogP) is 2.01. The maximum absolute atomic E-state index is 12.8. The molecule has 0 amide bonds. The van der Waals surface area contributed by atoms with Crippen molar-refractivity contribution in [2.24, 2.45) is 0 Å². The monoisotopic (exact) mass is 345 g/mol. The van der Waals surface area contributed by atoms with Crippen molar-refractivity contribution < 1.29 is 16.8 Å². The molecule has 1 aromatic rings. The van der Waals surface area contributed by atoms with E-state index in [1.165, 1.54) is 4.31 Å². The third-order valence-corrected chi connectivity index (χ3v) is 7.87. The Balaban J connectivity index is 2.31. The minimum absolute atomic E-state index is 0.0655. The molecule has 2 rings (SSSR count). The smallest absolute Gasteiger partial charge is 0.229 e. The number of rotatable bonds is 5. The summed E-state index contributed by atoms with van der Waals surface area (Å²) in [6.45, 7) is 6.11. The Morgan fingerprint density at radius 2 is 1.82 bits per heavy atom. The van der Waals surface area contributed by atoms with Gasteiger partial charge in [0.25, 0.3) is 0 Å². The van der Waals surface area contributed by atoms with Crippen molar-refractivity contribution in [2.75, 3.05) is 18.1 Å². The first-order valence-electron chi connectivity index (χ1n) is 7.49. The van der Waals surface area contributed by atoms with Crippen molar-refractivity contribution in [3.05, 3.63) is 29.8 Å². The van der Waals surface area contributed by atoms with Gasteiger partial charge in [0.2, 0.25) is 10.0 Å². The summed E-state index contributed by atoms with van der Waals surface area (Å²) in [5.41, 5.74) is 1.07. The summed E-state index contributed by atoms with van der Waals surface area (Å²) in [5, 5.41) is 0. The molecule has 1 aromatic carbocycles. The van der Waals surface area contributed by atoms with E-state index in [9.17, 15) is 16.8 Å². The number of sulfone groups is 1. The van der Waals surface area contributed by atoms with Gasteiger partial charge in [-0.25, -0.2) is 16.8 Å². The zero-order valence-corrected chi connectivity index (χ0v) is 14.8. The molecule has 1 saturated heterocycles. The third kappa shape index (κ3) is 3.52. The average molecular weight is 345 g/mol. The van der Waals surface area contributed by atoms with Crippen molar-refractivity contribution in [1.82, 2.24) is 4.31 Å². The highest BCUT2D eigenvalue weighted by Crippen LogP contribution is 2.26. The molecule has 0 aliphatic carbocycles. The molecule has 0 aromatic heterocycles. The Bertz CT molecular complexity index is 721. The summed E-state index contributed by atoms with van der Waals surface area (Å²) >= 11 is 0. The zero-order valence-electron chi connectivity index (χ0n) is 13.2. The van der Waals surface area contributed by atoms with Crippen LogP contribution in [-0.2, 0) is 19.9 Å². The second kappa shape index (κ2) is 6.29. The van der Waals surface area contributed by atoms with Crippen LogP contribution < -0.4 is 0 Å². The molecule has 0 N–H and O–H groups in total. The predicted molar refractivity (Wildman–Crippen MR) is 87.2 cm³/mol. The van der Waals surface area contributed by atoms with Crippen LogP contribution in [0.25, 0.3) is 0 Å². The van der Waals surface area contributed by atoms with Gasteiger partial charge in [-0.15, -0.1) is 0 Å². The normalized spacial score (nSPS) is 21.6. The van der Waals surface area contributed by atoms with E-state index in [2.05, 4.69) is 0 Å². The van der Waals surface area contributed by atoms with Crippen molar-refractivity contribution in [1.29, 1.82) is 0 Å². The van der Waals surface area contributed by atoms with Crippen LogP contribution in [0.5, 0.6) is 0 Å². The Labute approximate surface area is 133 Å². The topological polar surface area (TPSA) is 71.5 Å². The molecule has 1 fully saturated rings. The van der Waals surface area contributed by atoms with Gasteiger partial charge in [-0.3, -0.25) is 0 Å². The van der Waals surface area contributed by atoms with Crippen LogP contribution >= 0.6 is 0 Å². The molecule has 1 aliphatic heterocycles. The van der Waals surface area contributed by atoms with Crippen LogP contribution in [0.2, 0.25) is 0 Å². The van der Waals surface area contributed by atoms with Gasteiger partial charge in [-0.2, -0.15) is 4.31 Å². The van der Waals surface area contributed by atoms with E-state index < -0.39 is 25.9 Å². The maximum atomic E-state index is 12.8. The molecule has 7 heteroatoms. The Morgan fingerprint density at radius 1 is 1.23 bits per heavy atom. The maximum Gasteiger partial charge on any atom is 0.243 e. The van der Waals surface area contributed by atoms with Crippen LogP contribution in [0.1, 0.15) is 38.7 Å². The molecule has 1 aliphatic rings. The Morgan fingerprint density at radius 3 is 2.23 bits per heavy atom. The summed E-state index contributed by atoms with van der Waals surface area (Å²) in [6.07, 6.45) is 0.374.